The van der Waals surface area contributed by atoms with Gasteiger partial charge in [-0.3, -0.25) is 9.78 Å². The Morgan fingerprint density at radius 2 is 1.96 bits per heavy atom. The van der Waals surface area contributed by atoms with Crippen LogP contribution in [0.25, 0.3) is 10.9 Å². The van der Waals surface area contributed by atoms with Crippen LogP contribution in [0.1, 0.15) is 22.5 Å². The Balaban J connectivity index is 1.71. The number of benzene rings is 2. The predicted octanol–water partition coefficient (Wildman–Crippen LogP) is 4.20. The molecular weight excluding hydrogens is 293 g/mol. The van der Waals surface area contributed by atoms with Crippen molar-refractivity contribution in [2.45, 2.75) is 12.8 Å². The largest absolute Gasteiger partial charge is 0.494 e. The second-order valence-electron chi connectivity index (χ2n) is 5.27. The van der Waals surface area contributed by atoms with E-state index in [9.17, 15) is 9.18 Å². The minimum absolute atomic E-state index is 0.110. The van der Waals surface area contributed by atoms with Crippen molar-refractivity contribution in [1.29, 1.82) is 0 Å². The van der Waals surface area contributed by atoms with Gasteiger partial charge in [-0.25, -0.2) is 4.39 Å². The number of ketones is 1. The Hall–Kier alpha value is -2.75. The summed E-state index contributed by atoms with van der Waals surface area (Å²) in [4.78, 5) is 16.7. The maximum atomic E-state index is 13.7. The Morgan fingerprint density at radius 3 is 2.74 bits per heavy atom. The number of aromatic nitrogens is 1. The van der Waals surface area contributed by atoms with Crippen molar-refractivity contribution in [2.24, 2.45) is 0 Å². The summed E-state index contributed by atoms with van der Waals surface area (Å²) in [6.07, 6.45) is 0.814. The molecule has 3 rings (SSSR count). The molecule has 0 fully saturated rings. The number of fused-ring (bicyclic) bond motifs is 1. The first kappa shape index (κ1) is 15.2. The number of ether oxygens (including phenoxy) is 1. The van der Waals surface area contributed by atoms with E-state index in [1.807, 2.05) is 36.4 Å². The standard InChI is InChI=1S/C19H16FNO2/c1-23-19-11-7-14(12-16(19)20)18(22)10-9-15-8-6-13-4-2-3-5-17(13)21-15/h2-8,11-12H,9-10H2,1H3. The maximum absolute atomic E-state index is 13.7. The molecule has 0 unspecified atom stereocenters. The Kier molecular flexibility index (Phi) is 4.33. The molecule has 2 aromatic carbocycles. The molecule has 23 heavy (non-hydrogen) atoms. The number of para-hydroxylation sites is 1. The predicted molar refractivity (Wildman–Crippen MR) is 87.3 cm³/mol. The van der Waals surface area contributed by atoms with Crippen LogP contribution in [0.2, 0.25) is 0 Å². The van der Waals surface area contributed by atoms with Crippen LogP contribution in [-0.2, 0) is 6.42 Å². The van der Waals surface area contributed by atoms with Gasteiger partial charge in [-0.2, -0.15) is 0 Å². The number of carbonyl (C=O) groups is 1. The Morgan fingerprint density at radius 1 is 1.13 bits per heavy atom. The minimum Gasteiger partial charge on any atom is -0.494 e. The summed E-state index contributed by atoms with van der Waals surface area (Å²) >= 11 is 0. The second kappa shape index (κ2) is 6.57. The van der Waals surface area contributed by atoms with Crippen molar-refractivity contribution < 1.29 is 13.9 Å². The summed E-state index contributed by atoms with van der Waals surface area (Å²) < 4.78 is 18.5. The van der Waals surface area contributed by atoms with Crippen molar-refractivity contribution in [1.82, 2.24) is 4.98 Å². The second-order valence-corrected chi connectivity index (χ2v) is 5.27. The summed E-state index contributed by atoms with van der Waals surface area (Å²) in [5, 5.41) is 1.07. The third kappa shape index (κ3) is 3.37. The zero-order valence-corrected chi connectivity index (χ0v) is 12.8. The van der Waals surface area contributed by atoms with E-state index in [2.05, 4.69) is 4.98 Å². The first-order chi connectivity index (χ1) is 11.2. The summed E-state index contributed by atoms with van der Waals surface area (Å²) in [6, 6.07) is 16.0. The highest BCUT2D eigenvalue weighted by Crippen LogP contribution is 2.19. The number of Topliss-reactive ketones (excluding diaryl/α,β-unsaturated/α-hetero) is 1. The van der Waals surface area contributed by atoms with E-state index in [1.165, 1.54) is 19.2 Å². The molecule has 0 amide bonds. The lowest BCUT2D eigenvalue weighted by Gasteiger charge is -2.05. The lowest BCUT2D eigenvalue weighted by molar-refractivity contribution is 0.0982. The number of pyridine rings is 1. The third-order valence-electron chi connectivity index (χ3n) is 3.74. The van der Waals surface area contributed by atoms with Gasteiger partial charge in [-0.05, 0) is 36.8 Å². The molecule has 0 bridgehead atoms. The normalized spacial score (nSPS) is 10.7. The molecule has 1 aromatic heterocycles. The molecule has 0 atom stereocenters. The van der Waals surface area contributed by atoms with Crippen molar-refractivity contribution in [3.8, 4) is 5.75 Å². The summed E-state index contributed by atoms with van der Waals surface area (Å²) in [7, 11) is 1.39. The van der Waals surface area contributed by atoms with Crippen LogP contribution in [0, 0.1) is 5.82 Å². The molecule has 3 nitrogen and oxygen atoms in total. The van der Waals surface area contributed by atoms with Crippen LogP contribution in [0.15, 0.2) is 54.6 Å². The molecule has 0 aliphatic carbocycles. The van der Waals surface area contributed by atoms with Crippen LogP contribution in [-0.4, -0.2) is 17.9 Å². The van der Waals surface area contributed by atoms with Crippen LogP contribution >= 0.6 is 0 Å². The van der Waals surface area contributed by atoms with Gasteiger partial charge < -0.3 is 4.74 Å². The van der Waals surface area contributed by atoms with E-state index >= 15 is 0 Å². The van der Waals surface area contributed by atoms with Crippen molar-refractivity contribution >= 4 is 16.7 Å². The fourth-order valence-corrected chi connectivity index (χ4v) is 2.47. The van der Waals surface area contributed by atoms with Gasteiger partial charge in [-0.1, -0.05) is 24.3 Å². The molecular formula is C19H16FNO2. The van der Waals surface area contributed by atoms with Gasteiger partial charge in [0.1, 0.15) is 0 Å². The molecule has 0 N–H and O–H groups in total. The smallest absolute Gasteiger partial charge is 0.165 e. The molecule has 0 spiro atoms. The summed E-state index contributed by atoms with van der Waals surface area (Å²) in [5.41, 5.74) is 2.11. The van der Waals surface area contributed by atoms with E-state index in [0.29, 0.717) is 12.0 Å². The molecule has 0 aliphatic heterocycles. The first-order valence-corrected chi connectivity index (χ1v) is 7.39. The molecule has 0 aliphatic rings. The molecule has 0 saturated heterocycles. The van der Waals surface area contributed by atoms with E-state index in [4.69, 9.17) is 4.74 Å². The van der Waals surface area contributed by atoms with Crippen LogP contribution < -0.4 is 4.74 Å². The Labute approximate surface area is 133 Å². The van der Waals surface area contributed by atoms with E-state index in [0.717, 1.165) is 16.6 Å². The van der Waals surface area contributed by atoms with Gasteiger partial charge in [0.2, 0.25) is 0 Å². The third-order valence-corrected chi connectivity index (χ3v) is 3.74. The molecule has 0 radical (unpaired) electrons. The summed E-state index contributed by atoms with van der Waals surface area (Å²) in [5.74, 6) is -0.499. The zero-order chi connectivity index (χ0) is 16.2. The first-order valence-electron chi connectivity index (χ1n) is 7.39. The molecule has 116 valence electrons. The minimum atomic E-state index is -0.526. The highest BCUT2D eigenvalue weighted by molar-refractivity contribution is 5.96. The average Bonchev–Trinajstić information content (AvgIpc) is 2.59. The van der Waals surface area contributed by atoms with E-state index < -0.39 is 5.82 Å². The van der Waals surface area contributed by atoms with Gasteiger partial charge in [0.15, 0.2) is 17.3 Å². The van der Waals surface area contributed by atoms with Gasteiger partial charge >= 0.3 is 0 Å². The van der Waals surface area contributed by atoms with Crippen molar-refractivity contribution in [2.75, 3.05) is 7.11 Å². The number of nitrogens with zero attached hydrogens (tertiary/aromatic N) is 1. The number of carbonyl (C=O) groups excluding carboxylic acids is 1. The van der Waals surface area contributed by atoms with Crippen LogP contribution in [0.4, 0.5) is 4.39 Å². The van der Waals surface area contributed by atoms with Crippen molar-refractivity contribution in [3.05, 3.63) is 71.7 Å². The zero-order valence-electron chi connectivity index (χ0n) is 12.8. The van der Waals surface area contributed by atoms with Gasteiger partial charge in [0.25, 0.3) is 0 Å². The van der Waals surface area contributed by atoms with Gasteiger partial charge in [0.05, 0.1) is 12.6 Å². The van der Waals surface area contributed by atoms with E-state index in [1.54, 1.807) is 6.07 Å². The molecule has 3 aromatic rings. The molecule has 4 heteroatoms. The maximum Gasteiger partial charge on any atom is 0.165 e. The fourth-order valence-electron chi connectivity index (χ4n) is 2.47. The van der Waals surface area contributed by atoms with Crippen molar-refractivity contribution in [3.63, 3.8) is 0 Å². The molecule has 1 heterocycles. The lowest BCUT2D eigenvalue weighted by Crippen LogP contribution is -2.03. The number of aryl methyl sites for hydroxylation is 1. The Bertz CT molecular complexity index is 861. The highest BCUT2D eigenvalue weighted by atomic mass is 19.1. The number of methoxy groups -OCH3 is 1. The van der Waals surface area contributed by atoms with Crippen LogP contribution in [0.5, 0.6) is 5.75 Å². The van der Waals surface area contributed by atoms with Gasteiger partial charge in [-0.15, -0.1) is 0 Å². The van der Waals surface area contributed by atoms with E-state index in [-0.39, 0.29) is 18.0 Å². The number of hydrogen-bond acceptors (Lipinski definition) is 3. The monoisotopic (exact) mass is 309 g/mol. The fraction of sp³-hybridized carbons (Fsp3) is 0.158. The number of halogens is 1. The lowest BCUT2D eigenvalue weighted by atomic mass is 10.0. The quantitative estimate of drug-likeness (QED) is 0.663. The molecule has 0 saturated carbocycles. The SMILES string of the molecule is COc1ccc(C(=O)CCc2ccc3ccccc3n2)cc1F. The average molecular weight is 309 g/mol. The van der Waals surface area contributed by atoms with Crippen LogP contribution in [0.3, 0.4) is 0 Å². The van der Waals surface area contributed by atoms with Gasteiger partial charge in [0, 0.05) is 23.1 Å². The topological polar surface area (TPSA) is 39.2 Å². The number of hydrogen-bond donors (Lipinski definition) is 0. The number of rotatable bonds is 5. The summed E-state index contributed by atoms with van der Waals surface area (Å²) in [6.45, 7) is 0. The highest BCUT2D eigenvalue weighted by Gasteiger charge is 2.11.